The van der Waals surface area contributed by atoms with Gasteiger partial charge in [-0.15, -0.1) is 0 Å². The minimum absolute atomic E-state index is 0.00606. The second-order valence-electron chi connectivity index (χ2n) is 11.9. The van der Waals surface area contributed by atoms with Crippen LogP contribution < -0.4 is 4.90 Å². The summed E-state index contributed by atoms with van der Waals surface area (Å²) in [5.74, 6) is 1.04. The normalized spacial score (nSPS) is 16.0. The highest BCUT2D eigenvalue weighted by atomic mass is 16.4. The molecule has 4 aromatic rings. The van der Waals surface area contributed by atoms with Crippen LogP contribution in [0.3, 0.4) is 0 Å². The van der Waals surface area contributed by atoms with Crippen molar-refractivity contribution in [2.45, 2.75) is 45.2 Å². The summed E-state index contributed by atoms with van der Waals surface area (Å²) in [5.41, 5.74) is 4.28. The molecule has 1 saturated heterocycles. The highest BCUT2D eigenvalue weighted by Crippen LogP contribution is 2.31. The molecule has 0 N–H and O–H groups in total. The number of benzene rings is 2. The lowest BCUT2D eigenvalue weighted by atomic mass is 9.88. The molecule has 0 atom stereocenters. The molecule has 6 rings (SSSR count). The zero-order valence-electron chi connectivity index (χ0n) is 25.2. The van der Waals surface area contributed by atoms with Crippen LogP contribution in [0.2, 0.25) is 0 Å². The molecule has 0 spiro atoms. The minimum Gasteiger partial charge on any atom is -0.451 e. The maximum atomic E-state index is 14.0. The Morgan fingerprint density at radius 2 is 1.68 bits per heavy atom. The number of carbonyl (C=O) groups excluding carboxylic acids is 2. The number of anilines is 1. The molecular weight excluding hydrogens is 552 g/mol. The van der Waals surface area contributed by atoms with E-state index < -0.39 is 0 Å². The first kappa shape index (κ1) is 29.4. The summed E-state index contributed by atoms with van der Waals surface area (Å²) in [6, 6.07) is 21.1. The van der Waals surface area contributed by atoms with Gasteiger partial charge in [-0.3, -0.25) is 9.59 Å². The fraction of sp³-hybridized carbons (Fsp3) is 0.371. The van der Waals surface area contributed by atoms with Gasteiger partial charge in [0, 0.05) is 56.1 Å². The Labute approximate surface area is 258 Å². The molecular formula is C35H38N6O3. The summed E-state index contributed by atoms with van der Waals surface area (Å²) >= 11 is 0. The topological polar surface area (TPSA) is 98.6 Å². The van der Waals surface area contributed by atoms with Gasteiger partial charge in [-0.2, -0.15) is 5.26 Å². The molecule has 9 heteroatoms. The molecule has 1 aliphatic heterocycles. The van der Waals surface area contributed by atoms with Gasteiger partial charge in [0.2, 0.25) is 5.91 Å². The van der Waals surface area contributed by atoms with E-state index in [1.165, 1.54) is 6.42 Å². The largest absolute Gasteiger partial charge is 0.451 e. The number of amides is 2. The van der Waals surface area contributed by atoms with E-state index in [4.69, 9.17) is 9.68 Å². The second-order valence-corrected chi connectivity index (χ2v) is 11.9. The summed E-state index contributed by atoms with van der Waals surface area (Å²) in [7, 11) is 2.06. The lowest BCUT2D eigenvalue weighted by Crippen LogP contribution is -2.47. The summed E-state index contributed by atoms with van der Waals surface area (Å²) in [4.78, 5) is 37.3. The summed E-state index contributed by atoms with van der Waals surface area (Å²) in [5, 5.41) is 9.13. The van der Waals surface area contributed by atoms with Crippen molar-refractivity contribution < 1.29 is 14.0 Å². The second kappa shape index (κ2) is 13.3. The Hall–Kier alpha value is -4.68. The average Bonchev–Trinajstić information content (AvgIpc) is 3.74. The number of furan rings is 1. The molecule has 226 valence electrons. The Morgan fingerprint density at radius 3 is 2.39 bits per heavy atom. The minimum atomic E-state index is -0.0807. The van der Waals surface area contributed by atoms with E-state index in [9.17, 15) is 9.59 Å². The van der Waals surface area contributed by atoms with Crippen molar-refractivity contribution in [1.29, 1.82) is 5.26 Å². The molecule has 1 aliphatic carbocycles. The van der Waals surface area contributed by atoms with Gasteiger partial charge in [-0.05, 0) is 74.0 Å². The van der Waals surface area contributed by atoms with E-state index in [0.29, 0.717) is 43.3 Å². The number of carbonyl (C=O) groups is 2. The van der Waals surface area contributed by atoms with Crippen LogP contribution in [0.4, 0.5) is 5.69 Å². The first-order valence-electron chi connectivity index (χ1n) is 15.5. The molecule has 0 radical (unpaired) electrons. The molecule has 2 amide bonds. The number of nitriles is 1. The summed E-state index contributed by atoms with van der Waals surface area (Å²) < 4.78 is 8.07. The number of imidazole rings is 1. The molecule has 3 heterocycles. The smallest absolute Gasteiger partial charge is 0.289 e. The van der Waals surface area contributed by atoms with Crippen molar-refractivity contribution >= 4 is 17.5 Å². The van der Waals surface area contributed by atoms with Crippen LogP contribution >= 0.6 is 0 Å². The van der Waals surface area contributed by atoms with Crippen LogP contribution in [0, 0.1) is 17.2 Å². The number of hydrogen-bond donors (Lipinski definition) is 0. The molecule has 0 bridgehead atoms. The van der Waals surface area contributed by atoms with Gasteiger partial charge in [-0.25, -0.2) is 4.98 Å². The molecule has 0 unspecified atom stereocenters. The van der Waals surface area contributed by atoms with Gasteiger partial charge >= 0.3 is 0 Å². The van der Waals surface area contributed by atoms with E-state index in [1.807, 2.05) is 70.6 Å². The highest BCUT2D eigenvalue weighted by Gasteiger charge is 2.28. The van der Waals surface area contributed by atoms with Gasteiger partial charge in [0.15, 0.2) is 5.76 Å². The number of likely N-dealkylation sites (N-methyl/N-ethyl adjacent to an activating group) is 1. The molecule has 2 aromatic carbocycles. The quantitative estimate of drug-likeness (QED) is 0.266. The van der Waals surface area contributed by atoms with Gasteiger partial charge in [0.05, 0.1) is 30.2 Å². The van der Waals surface area contributed by atoms with Gasteiger partial charge < -0.3 is 23.7 Å². The third-order valence-electron chi connectivity index (χ3n) is 8.85. The first-order valence-corrected chi connectivity index (χ1v) is 15.5. The summed E-state index contributed by atoms with van der Waals surface area (Å²) in [6.07, 6.45) is 8.76. The van der Waals surface area contributed by atoms with Crippen LogP contribution in [0.1, 0.15) is 59.5 Å². The van der Waals surface area contributed by atoms with Gasteiger partial charge in [0.1, 0.15) is 5.76 Å². The predicted octanol–water partition coefficient (Wildman–Crippen LogP) is 5.56. The zero-order chi connectivity index (χ0) is 30.5. The Morgan fingerprint density at radius 1 is 0.955 bits per heavy atom. The molecule has 1 saturated carbocycles. The monoisotopic (exact) mass is 590 g/mol. The molecule has 2 aliphatic rings. The van der Waals surface area contributed by atoms with Crippen molar-refractivity contribution in [2.24, 2.45) is 5.92 Å². The van der Waals surface area contributed by atoms with Crippen molar-refractivity contribution in [3.63, 3.8) is 0 Å². The average molecular weight is 591 g/mol. The van der Waals surface area contributed by atoms with Crippen LogP contribution in [0.25, 0.3) is 11.3 Å². The number of nitrogens with zero attached hydrogens (tertiary/aromatic N) is 6. The third-order valence-corrected chi connectivity index (χ3v) is 8.85. The van der Waals surface area contributed by atoms with Crippen LogP contribution in [-0.2, 0) is 17.9 Å². The number of rotatable bonds is 8. The van der Waals surface area contributed by atoms with Crippen molar-refractivity contribution in [3.05, 3.63) is 95.8 Å². The van der Waals surface area contributed by atoms with Crippen LogP contribution in [-0.4, -0.2) is 64.4 Å². The van der Waals surface area contributed by atoms with E-state index in [0.717, 1.165) is 61.3 Å². The van der Waals surface area contributed by atoms with Gasteiger partial charge in [-0.1, -0.05) is 31.4 Å². The van der Waals surface area contributed by atoms with Gasteiger partial charge in [0.25, 0.3) is 5.91 Å². The number of hydrogen-bond acceptors (Lipinski definition) is 6. The first-order chi connectivity index (χ1) is 21.5. The number of piperazine rings is 1. The van der Waals surface area contributed by atoms with E-state index in [2.05, 4.69) is 27.6 Å². The molecule has 2 fully saturated rings. The fourth-order valence-electron chi connectivity index (χ4n) is 6.11. The third kappa shape index (κ3) is 6.61. The van der Waals surface area contributed by atoms with Crippen LogP contribution in [0.15, 0.2) is 77.6 Å². The Kier molecular flexibility index (Phi) is 8.89. The maximum absolute atomic E-state index is 14.0. The highest BCUT2D eigenvalue weighted by molar-refractivity contribution is 5.95. The Balaban J connectivity index is 1.21. The fourth-order valence-corrected chi connectivity index (χ4v) is 6.11. The Bertz CT molecular complexity index is 1620. The lowest BCUT2D eigenvalue weighted by molar-refractivity contribution is -0.123. The van der Waals surface area contributed by atoms with E-state index in [1.54, 1.807) is 12.4 Å². The lowest BCUT2D eigenvalue weighted by Gasteiger charge is -2.31. The SMILES string of the molecule is CN1CCN(C(=O)c2ccc(-c3ccc(N(Cc4cncn4Cc4ccc(C#N)cc4)C(=O)C4CCCCC4)cc3)o2)CC1. The predicted molar refractivity (Wildman–Crippen MR) is 168 cm³/mol. The van der Waals surface area contributed by atoms with E-state index >= 15 is 0 Å². The zero-order valence-corrected chi connectivity index (χ0v) is 25.2. The maximum Gasteiger partial charge on any atom is 0.289 e. The van der Waals surface area contributed by atoms with Crippen molar-refractivity contribution in [3.8, 4) is 17.4 Å². The molecule has 2 aromatic heterocycles. The van der Waals surface area contributed by atoms with Crippen LogP contribution in [0.5, 0.6) is 0 Å². The molecule has 9 nitrogen and oxygen atoms in total. The van der Waals surface area contributed by atoms with Crippen molar-refractivity contribution in [2.75, 3.05) is 38.1 Å². The standard InChI is InChI=1S/C35H38N6O3/c1-38-17-19-39(20-18-38)35(43)33-16-15-32(44-33)28-11-13-30(14-12-28)41(34(42)29-5-3-2-4-6-29)24-31-22-37-25-40(31)23-27-9-7-26(21-36)8-10-27/h7-16,22,25,29H,2-6,17-20,23-24H2,1H3. The molecule has 44 heavy (non-hydrogen) atoms. The van der Waals surface area contributed by atoms with Crippen molar-refractivity contribution in [1.82, 2.24) is 19.4 Å². The summed E-state index contributed by atoms with van der Waals surface area (Å²) in [6.45, 7) is 4.09. The van der Waals surface area contributed by atoms with E-state index in [-0.39, 0.29) is 17.7 Å². The number of aromatic nitrogens is 2.